The van der Waals surface area contributed by atoms with Crippen molar-refractivity contribution in [2.75, 3.05) is 33.3 Å². The van der Waals surface area contributed by atoms with Gasteiger partial charge < -0.3 is 24.8 Å². The zero-order valence-corrected chi connectivity index (χ0v) is 16.2. The SMILES string of the molecule is COc1cc(N(C)C(=O)[C@@H](N)Cc2ccccc2)cc(OC)c1OC.Cl. The monoisotopic (exact) mass is 380 g/mol. The molecule has 2 aromatic rings. The summed E-state index contributed by atoms with van der Waals surface area (Å²) in [6, 6.07) is 12.5. The van der Waals surface area contributed by atoms with Crippen molar-refractivity contribution in [1.82, 2.24) is 0 Å². The minimum atomic E-state index is -0.647. The molecule has 0 aliphatic rings. The van der Waals surface area contributed by atoms with Gasteiger partial charge in [-0.1, -0.05) is 30.3 Å². The fourth-order valence-corrected chi connectivity index (χ4v) is 2.59. The van der Waals surface area contributed by atoms with Crippen LogP contribution in [0.1, 0.15) is 5.56 Å². The lowest BCUT2D eigenvalue weighted by Gasteiger charge is -2.23. The molecule has 0 saturated heterocycles. The average Bonchev–Trinajstić information content (AvgIpc) is 2.66. The molecule has 142 valence electrons. The zero-order chi connectivity index (χ0) is 18.4. The van der Waals surface area contributed by atoms with Crippen LogP contribution in [0.4, 0.5) is 5.69 Å². The number of ether oxygens (including phenoxy) is 3. The van der Waals surface area contributed by atoms with Crippen LogP contribution in [0.5, 0.6) is 17.2 Å². The smallest absolute Gasteiger partial charge is 0.243 e. The molecular weight excluding hydrogens is 356 g/mol. The summed E-state index contributed by atoms with van der Waals surface area (Å²) in [5, 5.41) is 0. The lowest BCUT2D eigenvalue weighted by Crippen LogP contribution is -2.43. The van der Waals surface area contributed by atoms with Gasteiger partial charge in [0.2, 0.25) is 11.7 Å². The number of hydrogen-bond acceptors (Lipinski definition) is 5. The maximum atomic E-state index is 12.7. The first-order chi connectivity index (χ1) is 12.0. The predicted molar refractivity (Wildman–Crippen MR) is 105 cm³/mol. The van der Waals surface area contributed by atoms with E-state index in [0.29, 0.717) is 29.4 Å². The number of amides is 1. The van der Waals surface area contributed by atoms with Gasteiger partial charge in [0.05, 0.1) is 33.1 Å². The summed E-state index contributed by atoms with van der Waals surface area (Å²) in [5.41, 5.74) is 7.74. The van der Waals surface area contributed by atoms with Crippen LogP contribution in [0.15, 0.2) is 42.5 Å². The molecule has 0 fully saturated rings. The van der Waals surface area contributed by atoms with Crippen LogP contribution in [-0.2, 0) is 11.2 Å². The number of nitrogens with two attached hydrogens (primary N) is 1. The summed E-state index contributed by atoms with van der Waals surface area (Å²) in [4.78, 5) is 14.2. The third-order valence-electron chi connectivity index (χ3n) is 3.98. The van der Waals surface area contributed by atoms with Crippen LogP contribution < -0.4 is 24.8 Å². The maximum Gasteiger partial charge on any atom is 0.243 e. The Labute approximate surface area is 160 Å². The molecule has 2 N–H and O–H groups in total. The summed E-state index contributed by atoms with van der Waals surface area (Å²) >= 11 is 0. The summed E-state index contributed by atoms with van der Waals surface area (Å²) in [6.07, 6.45) is 0.467. The molecule has 0 unspecified atom stereocenters. The van der Waals surface area contributed by atoms with E-state index in [2.05, 4.69) is 0 Å². The number of methoxy groups -OCH3 is 3. The van der Waals surface area contributed by atoms with Crippen LogP contribution in [0.3, 0.4) is 0 Å². The molecule has 0 saturated carbocycles. The van der Waals surface area contributed by atoms with E-state index in [1.54, 1.807) is 19.2 Å². The highest BCUT2D eigenvalue weighted by Crippen LogP contribution is 2.40. The highest BCUT2D eigenvalue weighted by atomic mass is 35.5. The Kier molecular flexibility index (Phi) is 8.22. The number of benzene rings is 2. The molecule has 2 aromatic carbocycles. The standard InChI is InChI=1S/C19H24N2O4.ClH/c1-21(19(22)15(20)10-13-8-6-5-7-9-13)14-11-16(23-2)18(25-4)17(12-14)24-3;/h5-9,11-12,15H,10,20H2,1-4H3;1H/t15-;/m0./s1. The normalized spacial score (nSPS) is 11.1. The second-order valence-electron chi connectivity index (χ2n) is 5.58. The van der Waals surface area contributed by atoms with Crippen LogP contribution in [0.2, 0.25) is 0 Å². The Balaban J connectivity index is 0.00000338. The molecule has 0 spiro atoms. The molecule has 2 rings (SSSR count). The van der Waals surface area contributed by atoms with E-state index < -0.39 is 6.04 Å². The first kappa shape index (κ1) is 21.6. The fraction of sp³-hybridized carbons (Fsp3) is 0.316. The third kappa shape index (κ3) is 4.80. The number of carbonyl (C=O) groups is 1. The number of carbonyl (C=O) groups excluding carboxylic acids is 1. The van der Waals surface area contributed by atoms with Crippen molar-refractivity contribution in [3.63, 3.8) is 0 Å². The van der Waals surface area contributed by atoms with Gasteiger partial charge >= 0.3 is 0 Å². The molecule has 0 aliphatic carbocycles. The Morgan fingerprint density at radius 3 is 2.04 bits per heavy atom. The van der Waals surface area contributed by atoms with Crippen molar-refractivity contribution >= 4 is 24.0 Å². The number of halogens is 1. The first-order valence-corrected chi connectivity index (χ1v) is 7.88. The van der Waals surface area contributed by atoms with E-state index >= 15 is 0 Å². The molecular formula is C19H25ClN2O4. The lowest BCUT2D eigenvalue weighted by atomic mass is 10.1. The Bertz CT molecular complexity index is 700. The predicted octanol–water partition coefficient (Wildman–Crippen LogP) is 2.67. The van der Waals surface area contributed by atoms with E-state index in [0.717, 1.165) is 5.56 Å². The minimum Gasteiger partial charge on any atom is -0.493 e. The van der Waals surface area contributed by atoms with E-state index in [1.165, 1.54) is 26.2 Å². The molecule has 1 amide bonds. The largest absolute Gasteiger partial charge is 0.493 e. The molecule has 0 aliphatic heterocycles. The Morgan fingerprint density at radius 2 is 1.58 bits per heavy atom. The van der Waals surface area contributed by atoms with Crippen molar-refractivity contribution in [3.8, 4) is 17.2 Å². The highest BCUT2D eigenvalue weighted by Gasteiger charge is 2.22. The maximum absolute atomic E-state index is 12.7. The third-order valence-corrected chi connectivity index (χ3v) is 3.98. The van der Waals surface area contributed by atoms with Gasteiger partial charge in [0.15, 0.2) is 11.5 Å². The van der Waals surface area contributed by atoms with Gasteiger partial charge in [-0.05, 0) is 12.0 Å². The molecule has 1 atom stereocenters. The van der Waals surface area contributed by atoms with Crippen molar-refractivity contribution in [3.05, 3.63) is 48.0 Å². The van der Waals surface area contributed by atoms with Gasteiger partial charge in [-0.15, -0.1) is 12.4 Å². The Morgan fingerprint density at radius 1 is 1.04 bits per heavy atom. The molecule has 0 radical (unpaired) electrons. The van der Waals surface area contributed by atoms with E-state index in [1.807, 2.05) is 30.3 Å². The number of hydrogen-bond donors (Lipinski definition) is 1. The number of anilines is 1. The molecule has 0 heterocycles. The van der Waals surface area contributed by atoms with Crippen molar-refractivity contribution in [1.29, 1.82) is 0 Å². The summed E-state index contributed by atoms with van der Waals surface area (Å²) < 4.78 is 16.0. The van der Waals surface area contributed by atoms with Crippen LogP contribution >= 0.6 is 12.4 Å². The highest BCUT2D eigenvalue weighted by molar-refractivity contribution is 5.97. The molecule has 6 nitrogen and oxygen atoms in total. The second-order valence-corrected chi connectivity index (χ2v) is 5.58. The van der Waals surface area contributed by atoms with Gasteiger partial charge in [0.25, 0.3) is 0 Å². The number of nitrogens with zero attached hydrogens (tertiary/aromatic N) is 1. The first-order valence-electron chi connectivity index (χ1n) is 7.88. The van der Waals surface area contributed by atoms with Gasteiger partial charge in [-0.3, -0.25) is 4.79 Å². The van der Waals surface area contributed by atoms with Gasteiger partial charge in [0.1, 0.15) is 0 Å². The topological polar surface area (TPSA) is 74.0 Å². The van der Waals surface area contributed by atoms with Gasteiger partial charge in [-0.25, -0.2) is 0 Å². The summed E-state index contributed by atoms with van der Waals surface area (Å²) in [7, 11) is 6.27. The van der Waals surface area contributed by atoms with Crippen LogP contribution in [-0.4, -0.2) is 40.3 Å². The lowest BCUT2D eigenvalue weighted by molar-refractivity contribution is -0.119. The second kappa shape index (κ2) is 9.89. The van der Waals surface area contributed by atoms with Crippen molar-refractivity contribution in [2.45, 2.75) is 12.5 Å². The van der Waals surface area contributed by atoms with Crippen molar-refractivity contribution < 1.29 is 19.0 Å². The number of likely N-dealkylation sites (N-methyl/N-ethyl adjacent to an activating group) is 1. The fourth-order valence-electron chi connectivity index (χ4n) is 2.59. The zero-order valence-electron chi connectivity index (χ0n) is 15.4. The summed E-state index contributed by atoms with van der Waals surface area (Å²) in [6.45, 7) is 0. The van der Waals surface area contributed by atoms with Crippen LogP contribution in [0, 0.1) is 0 Å². The van der Waals surface area contributed by atoms with E-state index in [-0.39, 0.29) is 18.3 Å². The quantitative estimate of drug-likeness (QED) is 0.799. The molecule has 0 bridgehead atoms. The minimum absolute atomic E-state index is 0. The van der Waals surface area contributed by atoms with Gasteiger partial charge in [-0.2, -0.15) is 0 Å². The van der Waals surface area contributed by atoms with E-state index in [4.69, 9.17) is 19.9 Å². The van der Waals surface area contributed by atoms with E-state index in [9.17, 15) is 4.79 Å². The average molecular weight is 381 g/mol. The summed E-state index contributed by atoms with van der Waals surface area (Å²) in [5.74, 6) is 1.24. The van der Waals surface area contributed by atoms with Crippen LogP contribution in [0.25, 0.3) is 0 Å². The molecule has 0 aromatic heterocycles. The van der Waals surface area contributed by atoms with Gasteiger partial charge in [0, 0.05) is 19.2 Å². The molecule has 26 heavy (non-hydrogen) atoms. The van der Waals surface area contributed by atoms with Crippen molar-refractivity contribution in [2.24, 2.45) is 5.73 Å². The molecule has 7 heteroatoms. The number of rotatable bonds is 7. The Hall–Kier alpha value is -2.44.